The lowest BCUT2D eigenvalue weighted by Crippen LogP contribution is -2.72. The minimum Gasteiger partial charge on any atom is -0.496 e. The molecule has 0 heterocycles. The first-order chi connectivity index (χ1) is 13.1. The van der Waals surface area contributed by atoms with E-state index in [9.17, 15) is 30.3 Å². The van der Waals surface area contributed by atoms with Gasteiger partial charge in [-0.3, -0.25) is 4.79 Å². The largest absolute Gasteiger partial charge is 0.496 e. The molecule has 0 spiro atoms. The molecule has 0 radical (unpaired) electrons. The zero-order valence-corrected chi connectivity index (χ0v) is 15.6. The van der Waals surface area contributed by atoms with E-state index >= 15 is 0 Å². The molecule has 2 aliphatic rings. The zero-order chi connectivity index (χ0) is 20.6. The summed E-state index contributed by atoms with van der Waals surface area (Å²) in [6, 6.07) is 6.78. The number of aliphatic hydroxyl groups is 5. The number of hydrogen-bond acceptors (Lipinski definition) is 8. The average molecular weight is 390 g/mol. The number of aliphatic hydroxyl groups excluding tert-OH is 3. The van der Waals surface area contributed by atoms with Gasteiger partial charge in [-0.05, 0) is 30.0 Å². The molecule has 4 rings (SSSR count). The van der Waals surface area contributed by atoms with Gasteiger partial charge < -0.3 is 35.0 Å². The Morgan fingerprint density at radius 2 is 1.75 bits per heavy atom. The minimum atomic E-state index is -2.53. The Hall–Kier alpha value is -2.23. The molecule has 1 saturated carbocycles. The Kier molecular flexibility index (Phi) is 4.01. The third-order valence-electron chi connectivity index (χ3n) is 6.17. The van der Waals surface area contributed by atoms with Gasteiger partial charge in [-0.15, -0.1) is 0 Å². The van der Waals surface area contributed by atoms with Crippen LogP contribution in [0.2, 0.25) is 0 Å². The molecule has 5 N–H and O–H groups in total. The molecule has 28 heavy (non-hydrogen) atoms. The Labute approximate surface area is 160 Å². The highest BCUT2D eigenvalue weighted by Crippen LogP contribution is 2.56. The van der Waals surface area contributed by atoms with E-state index in [1.165, 1.54) is 14.2 Å². The van der Waals surface area contributed by atoms with Crippen LogP contribution in [-0.4, -0.2) is 75.0 Å². The summed E-state index contributed by atoms with van der Waals surface area (Å²) in [6.45, 7) is 1.06. The first-order valence-electron chi connectivity index (χ1n) is 8.83. The normalized spacial score (nSPS) is 36.9. The van der Waals surface area contributed by atoms with Crippen LogP contribution >= 0.6 is 0 Å². The molecule has 1 fully saturated rings. The van der Waals surface area contributed by atoms with E-state index in [0.29, 0.717) is 16.5 Å². The number of rotatable bonds is 2. The lowest BCUT2D eigenvalue weighted by atomic mass is 9.64. The molecular weight excluding hydrogens is 368 g/mol. The van der Waals surface area contributed by atoms with Crippen molar-refractivity contribution in [3.8, 4) is 11.5 Å². The van der Waals surface area contributed by atoms with Gasteiger partial charge in [0.25, 0.3) is 0 Å². The van der Waals surface area contributed by atoms with Crippen LogP contribution in [0.5, 0.6) is 11.5 Å². The number of carbonyl (C=O) groups is 1. The second-order valence-corrected chi connectivity index (χ2v) is 7.63. The highest BCUT2D eigenvalue weighted by atomic mass is 16.5. The minimum absolute atomic E-state index is 0.0185. The fourth-order valence-corrected chi connectivity index (χ4v) is 4.71. The van der Waals surface area contributed by atoms with E-state index in [1.54, 1.807) is 24.3 Å². The molecule has 0 bridgehead atoms. The monoisotopic (exact) mass is 390 g/mol. The second-order valence-electron chi connectivity index (χ2n) is 7.63. The first kappa shape index (κ1) is 19.1. The second kappa shape index (κ2) is 5.88. The Morgan fingerprint density at radius 3 is 2.36 bits per heavy atom. The van der Waals surface area contributed by atoms with Crippen LogP contribution < -0.4 is 9.47 Å². The first-order valence-corrected chi connectivity index (χ1v) is 8.83. The van der Waals surface area contributed by atoms with E-state index < -0.39 is 41.2 Å². The standard InChI is InChI=1S/C20H22O8/c1-19(25)17(23)14(21)13-9-7-8-5-4-6-10(27-2)11(8)15(28-3)12(9)16(22)20(13,26)18(19)24/h4-7,13-14,17-18,21,23-26H,1-3H3/t13-,14-,17+,18-,19-,20-/m0/s1. The van der Waals surface area contributed by atoms with Crippen molar-refractivity contribution in [3.63, 3.8) is 0 Å². The van der Waals surface area contributed by atoms with E-state index in [0.717, 1.165) is 6.92 Å². The number of Topliss-reactive ketones (excluding diaryl/α,β-unsaturated/α-hetero) is 1. The van der Waals surface area contributed by atoms with Crippen molar-refractivity contribution in [1.29, 1.82) is 0 Å². The van der Waals surface area contributed by atoms with Gasteiger partial charge in [0.1, 0.15) is 29.3 Å². The number of benzene rings is 2. The summed E-state index contributed by atoms with van der Waals surface area (Å²) in [6.07, 6.45) is -5.50. The Balaban J connectivity index is 2.08. The quantitative estimate of drug-likeness (QED) is 0.472. The summed E-state index contributed by atoms with van der Waals surface area (Å²) in [5, 5.41) is 54.5. The van der Waals surface area contributed by atoms with Crippen LogP contribution in [0.1, 0.15) is 28.8 Å². The van der Waals surface area contributed by atoms with Crippen LogP contribution in [0.15, 0.2) is 24.3 Å². The molecule has 0 saturated heterocycles. The molecule has 6 atom stereocenters. The molecule has 2 aromatic rings. The van der Waals surface area contributed by atoms with Crippen molar-refractivity contribution in [2.24, 2.45) is 0 Å². The lowest BCUT2D eigenvalue weighted by Gasteiger charge is -2.51. The van der Waals surface area contributed by atoms with E-state index in [4.69, 9.17) is 9.47 Å². The number of fused-ring (bicyclic) bond motifs is 4. The van der Waals surface area contributed by atoms with Crippen molar-refractivity contribution in [1.82, 2.24) is 0 Å². The SMILES string of the molecule is COc1cccc2cc3c(c(OC)c12)C(=O)[C@@]1(O)[C@@H]3[C@H](O)[C@@H](O)[C@](C)(O)[C@@H]1O. The van der Waals surface area contributed by atoms with Gasteiger partial charge in [0.05, 0.1) is 37.2 Å². The fraction of sp³-hybridized carbons (Fsp3) is 0.450. The van der Waals surface area contributed by atoms with Crippen LogP contribution in [-0.2, 0) is 0 Å². The van der Waals surface area contributed by atoms with Crippen LogP contribution in [0.4, 0.5) is 0 Å². The van der Waals surface area contributed by atoms with Crippen LogP contribution in [0.25, 0.3) is 10.8 Å². The van der Waals surface area contributed by atoms with Crippen molar-refractivity contribution in [2.45, 2.75) is 42.4 Å². The third-order valence-corrected chi connectivity index (χ3v) is 6.17. The maximum Gasteiger partial charge on any atom is 0.201 e. The number of ether oxygens (including phenoxy) is 2. The summed E-state index contributed by atoms with van der Waals surface area (Å²) < 4.78 is 10.9. The fourth-order valence-electron chi connectivity index (χ4n) is 4.71. The summed E-state index contributed by atoms with van der Waals surface area (Å²) in [5.74, 6) is -1.66. The van der Waals surface area contributed by atoms with E-state index in [-0.39, 0.29) is 16.9 Å². The van der Waals surface area contributed by atoms with Gasteiger partial charge >= 0.3 is 0 Å². The molecule has 8 heteroatoms. The predicted octanol–water partition coefficient (Wildman–Crippen LogP) is -0.285. The Bertz CT molecular complexity index is 984. The number of ketones is 1. The Morgan fingerprint density at radius 1 is 1.07 bits per heavy atom. The number of methoxy groups -OCH3 is 2. The van der Waals surface area contributed by atoms with Crippen molar-refractivity contribution in [2.75, 3.05) is 14.2 Å². The van der Waals surface area contributed by atoms with Crippen molar-refractivity contribution < 1.29 is 39.8 Å². The van der Waals surface area contributed by atoms with Gasteiger partial charge in [0.15, 0.2) is 5.60 Å². The zero-order valence-electron chi connectivity index (χ0n) is 15.6. The third kappa shape index (κ3) is 2.04. The van der Waals surface area contributed by atoms with Crippen molar-refractivity contribution >= 4 is 16.6 Å². The van der Waals surface area contributed by atoms with Gasteiger partial charge in [-0.25, -0.2) is 0 Å². The van der Waals surface area contributed by atoms with Crippen LogP contribution in [0, 0.1) is 0 Å². The van der Waals surface area contributed by atoms with E-state index in [2.05, 4.69) is 0 Å². The summed E-state index contributed by atoms with van der Waals surface area (Å²) in [5.41, 5.74) is -4.61. The summed E-state index contributed by atoms with van der Waals surface area (Å²) >= 11 is 0. The van der Waals surface area contributed by atoms with Gasteiger partial charge in [0.2, 0.25) is 5.78 Å². The van der Waals surface area contributed by atoms with Gasteiger partial charge in [-0.1, -0.05) is 12.1 Å². The topological polar surface area (TPSA) is 137 Å². The molecule has 8 nitrogen and oxygen atoms in total. The highest BCUT2D eigenvalue weighted by molar-refractivity contribution is 6.15. The maximum absolute atomic E-state index is 13.3. The summed E-state index contributed by atoms with van der Waals surface area (Å²) in [4.78, 5) is 13.3. The van der Waals surface area contributed by atoms with Crippen LogP contribution in [0.3, 0.4) is 0 Å². The predicted molar refractivity (Wildman–Crippen MR) is 97.7 cm³/mol. The molecule has 0 amide bonds. The molecule has 2 aliphatic carbocycles. The van der Waals surface area contributed by atoms with Gasteiger partial charge in [0, 0.05) is 0 Å². The lowest BCUT2D eigenvalue weighted by molar-refractivity contribution is -0.252. The average Bonchev–Trinajstić information content (AvgIpc) is 2.91. The van der Waals surface area contributed by atoms with Crippen molar-refractivity contribution in [3.05, 3.63) is 35.4 Å². The van der Waals surface area contributed by atoms with E-state index in [1.807, 2.05) is 0 Å². The molecule has 0 aliphatic heterocycles. The maximum atomic E-state index is 13.3. The molecule has 2 aromatic carbocycles. The smallest absolute Gasteiger partial charge is 0.201 e. The summed E-state index contributed by atoms with van der Waals surface area (Å²) in [7, 11) is 2.83. The molecular formula is C20H22O8. The highest BCUT2D eigenvalue weighted by Gasteiger charge is 2.70. The molecule has 150 valence electrons. The molecule has 0 aromatic heterocycles. The number of hydrogen-bond donors (Lipinski definition) is 5. The molecule has 0 unspecified atom stereocenters. The van der Waals surface area contributed by atoms with Gasteiger partial charge in [-0.2, -0.15) is 0 Å². The number of carbonyl (C=O) groups excluding carboxylic acids is 1.